The maximum atomic E-state index is 14.6. The van der Waals surface area contributed by atoms with Crippen molar-refractivity contribution in [1.29, 1.82) is 0 Å². The maximum Gasteiger partial charge on any atom is 0.264 e. The Labute approximate surface area is 190 Å². The molecule has 33 heavy (non-hydrogen) atoms. The number of aryl methyl sites for hydroxylation is 1. The van der Waals surface area contributed by atoms with Gasteiger partial charge in [0.25, 0.3) is 15.9 Å². The zero-order chi connectivity index (χ0) is 23.3. The van der Waals surface area contributed by atoms with Gasteiger partial charge >= 0.3 is 0 Å². The predicted molar refractivity (Wildman–Crippen MR) is 124 cm³/mol. The Hall–Kier alpha value is -3.72. The van der Waals surface area contributed by atoms with Crippen molar-refractivity contribution in [3.63, 3.8) is 0 Å². The first-order valence-corrected chi connectivity index (χ1v) is 11.9. The van der Waals surface area contributed by atoms with Gasteiger partial charge < -0.3 is 5.32 Å². The Bertz CT molecular complexity index is 1510. The number of aromatic amines is 1. The number of nitrogens with zero attached hydrogens (tertiary/aromatic N) is 2. The number of rotatable bonds is 4. The second-order valence-electron chi connectivity index (χ2n) is 8.17. The van der Waals surface area contributed by atoms with Gasteiger partial charge in [0.15, 0.2) is 0 Å². The number of H-pyrrole nitrogens is 1. The van der Waals surface area contributed by atoms with E-state index in [1.54, 1.807) is 24.4 Å². The molecule has 1 unspecified atom stereocenters. The molecule has 7 nitrogen and oxygen atoms in total. The number of carbonyl (C=O) groups excluding carboxylic acids is 1. The van der Waals surface area contributed by atoms with Gasteiger partial charge in [-0.1, -0.05) is 24.3 Å². The first-order valence-electron chi connectivity index (χ1n) is 10.4. The topological polar surface area (TPSA) is 95.2 Å². The zero-order valence-electron chi connectivity index (χ0n) is 18.0. The molecule has 168 valence electrons. The Morgan fingerprint density at radius 3 is 2.79 bits per heavy atom. The average Bonchev–Trinajstić information content (AvgIpc) is 3.40. The minimum absolute atomic E-state index is 0.145. The molecule has 3 aromatic carbocycles. The summed E-state index contributed by atoms with van der Waals surface area (Å²) in [5.41, 5.74) is 3.17. The second-order valence-corrected chi connectivity index (χ2v) is 9.98. The van der Waals surface area contributed by atoms with Crippen LogP contribution in [0.5, 0.6) is 0 Å². The number of anilines is 2. The van der Waals surface area contributed by atoms with Gasteiger partial charge in [-0.25, -0.2) is 12.8 Å². The van der Waals surface area contributed by atoms with E-state index in [1.165, 1.54) is 10.4 Å². The first kappa shape index (κ1) is 21.1. The number of para-hydroxylation sites is 1. The lowest BCUT2D eigenvalue weighted by Crippen LogP contribution is -2.35. The summed E-state index contributed by atoms with van der Waals surface area (Å²) in [7, 11) is -4.01. The van der Waals surface area contributed by atoms with E-state index in [9.17, 15) is 17.6 Å². The van der Waals surface area contributed by atoms with Crippen LogP contribution in [0.1, 0.15) is 28.4 Å². The van der Waals surface area contributed by atoms with Crippen LogP contribution in [0.25, 0.3) is 10.9 Å². The molecule has 0 fully saturated rings. The quantitative estimate of drug-likeness (QED) is 0.468. The summed E-state index contributed by atoms with van der Waals surface area (Å²) in [5.74, 6) is -1.56. The Kier molecular flexibility index (Phi) is 4.93. The van der Waals surface area contributed by atoms with Crippen molar-refractivity contribution >= 4 is 38.2 Å². The van der Waals surface area contributed by atoms with E-state index in [2.05, 4.69) is 15.5 Å². The minimum Gasteiger partial charge on any atom is -0.320 e. The third-order valence-electron chi connectivity index (χ3n) is 5.97. The van der Waals surface area contributed by atoms with E-state index in [-0.39, 0.29) is 16.5 Å². The van der Waals surface area contributed by atoms with Crippen LogP contribution < -0.4 is 9.62 Å². The van der Waals surface area contributed by atoms with Gasteiger partial charge in [-0.15, -0.1) is 0 Å². The van der Waals surface area contributed by atoms with E-state index in [0.29, 0.717) is 23.3 Å². The highest BCUT2D eigenvalue weighted by Crippen LogP contribution is 2.37. The molecule has 0 aliphatic carbocycles. The third kappa shape index (κ3) is 3.45. The lowest BCUT2D eigenvalue weighted by molar-refractivity contribution is 0.102. The molecule has 1 aliphatic heterocycles. The van der Waals surface area contributed by atoms with E-state index in [4.69, 9.17) is 0 Å². The smallest absolute Gasteiger partial charge is 0.264 e. The number of halogens is 1. The van der Waals surface area contributed by atoms with Crippen LogP contribution in [0.15, 0.2) is 65.7 Å². The summed E-state index contributed by atoms with van der Waals surface area (Å²) in [6.07, 6.45) is 2.22. The van der Waals surface area contributed by atoms with Crippen LogP contribution in [0.3, 0.4) is 0 Å². The molecule has 0 saturated heterocycles. The van der Waals surface area contributed by atoms with Crippen molar-refractivity contribution in [3.8, 4) is 0 Å². The number of aromatic nitrogens is 2. The highest BCUT2D eigenvalue weighted by Gasteiger charge is 2.36. The van der Waals surface area contributed by atoms with Crippen LogP contribution in [-0.4, -0.2) is 30.6 Å². The Balaban J connectivity index is 1.51. The molecular formula is C24H21FN4O3S. The van der Waals surface area contributed by atoms with Crippen molar-refractivity contribution in [2.24, 2.45) is 0 Å². The summed E-state index contributed by atoms with van der Waals surface area (Å²) >= 11 is 0. The fraction of sp³-hybridized carbons (Fsp3) is 0.167. The fourth-order valence-electron chi connectivity index (χ4n) is 4.32. The number of carbonyl (C=O) groups is 1. The van der Waals surface area contributed by atoms with Crippen molar-refractivity contribution < 1.29 is 17.6 Å². The van der Waals surface area contributed by atoms with Crippen molar-refractivity contribution in [1.82, 2.24) is 10.2 Å². The largest absolute Gasteiger partial charge is 0.320 e. The SMILES string of the molecule is Cc1ccc(NC(=O)c2cc(S(=O)(=O)N3c4ccccc4CC3C)ccc2F)c2[nH]ncc12. The summed E-state index contributed by atoms with van der Waals surface area (Å²) < 4.78 is 42.9. The highest BCUT2D eigenvalue weighted by molar-refractivity contribution is 7.92. The molecular weight excluding hydrogens is 443 g/mol. The monoisotopic (exact) mass is 464 g/mol. The minimum atomic E-state index is -4.01. The molecule has 1 aliphatic rings. The van der Waals surface area contributed by atoms with Crippen molar-refractivity contribution in [3.05, 3.63) is 83.3 Å². The van der Waals surface area contributed by atoms with Crippen LogP contribution in [0, 0.1) is 12.7 Å². The summed E-state index contributed by atoms with van der Waals surface area (Å²) in [4.78, 5) is 12.8. The molecule has 2 N–H and O–H groups in total. The number of hydrogen-bond donors (Lipinski definition) is 2. The third-order valence-corrected chi connectivity index (χ3v) is 7.89. The van der Waals surface area contributed by atoms with Gasteiger partial charge in [0.1, 0.15) is 5.82 Å². The molecule has 5 rings (SSSR count). The molecule has 4 aromatic rings. The lowest BCUT2D eigenvalue weighted by Gasteiger charge is -2.24. The molecule has 0 saturated carbocycles. The molecule has 1 amide bonds. The van der Waals surface area contributed by atoms with Gasteiger partial charge in [-0.3, -0.25) is 14.2 Å². The van der Waals surface area contributed by atoms with E-state index >= 15 is 0 Å². The highest BCUT2D eigenvalue weighted by atomic mass is 32.2. The number of hydrogen-bond acceptors (Lipinski definition) is 4. The van der Waals surface area contributed by atoms with E-state index < -0.39 is 21.7 Å². The van der Waals surface area contributed by atoms with E-state index in [0.717, 1.165) is 28.6 Å². The van der Waals surface area contributed by atoms with Gasteiger partial charge in [-0.05, 0) is 61.7 Å². The summed E-state index contributed by atoms with van der Waals surface area (Å²) in [6, 6.07) is 13.8. The number of nitrogens with one attached hydrogen (secondary N) is 2. The second kappa shape index (κ2) is 7.70. The standard InChI is InChI=1S/C24H21FN4O3S/c1-14-7-10-21(23-19(14)13-26-28-23)27-24(30)18-12-17(8-9-20(18)25)33(31,32)29-15(2)11-16-5-3-4-6-22(16)29/h3-10,12-13,15H,11H2,1-2H3,(H,26,28)(H,27,30). The van der Waals surface area contributed by atoms with Gasteiger partial charge in [0.2, 0.25) is 0 Å². The summed E-state index contributed by atoms with van der Waals surface area (Å²) in [5, 5.41) is 10.3. The van der Waals surface area contributed by atoms with Crippen LogP contribution in [0.2, 0.25) is 0 Å². The number of amides is 1. The van der Waals surface area contributed by atoms with E-state index in [1.807, 2.05) is 32.0 Å². The maximum absolute atomic E-state index is 14.6. The van der Waals surface area contributed by atoms with Crippen molar-refractivity contribution in [2.45, 2.75) is 31.2 Å². The van der Waals surface area contributed by atoms with Gasteiger partial charge in [-0.2, -0.15) is 5.10 Å². The molecule has 0 radical (unpaired) electrons. The molecule has 1 aromatic heterocycles. The Morgan fingerprint density at radius 2 is 1.97 bits per heavy atom. The van der Waals surface area contributed by atoms with Gasteiger partial charge in [0, 0.05) is 11.4 Å². The average molecular weight is 465 g/mol. The van der Waals surface area contributed by atoms with Crippen LogP contribution >= 0.6 is 0 Å². The fourth-order valence-corrected chi connectivity index (χ4v) is 6.04. The zero-order valence-corrected chi connectivity index (χ0v) is 18.8. The van der Waals surface area contributed by atoms with Crippen LogP contribution in [0.4, 0.5) is 15.8 Å². The van der Waals surface area contributed by atoms with Crippen molar-refractivity contribution in [2.75, 3.05) is 9.62 Å². The molecule has 0 spiro atoms. The number of benzene rings is 3. The number of fused-ring (bicyclic) bond motifs is 2. The molecule has 9 heteroatoms. The van der Waals surface area contributed by atoms with Crippen LogP contribution in [-0.2, 0) is 16.4 Å². The predicted octanol–water partition coefficient (Wildman–Crippen LogP) is 4.40. The summed E-state index contributed by atoms with van der Waals surface area (Å²) in [6.45, 7) is 3.73. The molecule has 2 heterocycles. The lowest BCUT2D eigenvalue weighted by atomic mass is 10.1. The first-order chi connectivity index (χ1) is 15.8. The number of sulfonamides is 1. The Morgan fingerprint density at radius 1 is 1.18 bits per heavy atom. The molecule has 0 bridgehead atoms. The van der Waals surface area contributed by atoms with Gasteiger partial charge in [0.05, 0.1) is 33.5 Å². The molecule has 1 atom stereocenters. The normalized spacial score (nSPS) is 15.6.